The summed E-state index contributed by atoms with van der Waals surface area (Å²) in [5.41, 5.74) is -0.493. The summed E-state index contributed by atoms with van der Waals surface area (Å²) in [4.78, 5) is 13.8. The fourth-order valence-corrected chi connectivity index (χ4v) is 1.89. The first kappa shape index (κ1) is 15.8. The van der Waals surface area contributed by atoms with E-state index in [1.807, 2.05) is 27.7 Å². The number of nitrogens with zero attached hydrogens (tertiary/aromatic N) is 1. The van der Waals surface area contributed by atoms with Gasteiger partial charge >= 0.3 is 6.09 Å². The van der Waals surface area contributed by atoms with Crippen LogP contribution < -0.4 is 5.32 Å². The SMILES string of the molecule is C#CCN1CCO[C@@H](C(C)NC(=O)OC(C)(C)C)C1. The molecular formula is C14H24N2O3. The highest BCUT2D eigenvalue weighted by molar-refractivity contribution is 5.68. The first-order valence-corrected chi connectivity index (χ1v) is 6.59. The molecule has 2 atom stereocenters. The standard InChI is InChI=1S/C14H24N2O3/c1-6-7-16-8-9-18-12(10-16)11(2)15-13(17)19-14(3,4)5/h1,11-12H,7-10H2,2-5H3,(H,15,17)/t11?,12-/m1/s1. The van der Waals surface area contributed by atoms with Crippen molar-refractivity contribution in [1.29, 1.82) is 0 Å². The molecule has 0 radical (unpaired) electrons. The molecule has 1 N–H and O–H groups in total. The number of carbonyl (C=O) groups is 1. The van der Waals surface area contributed by atoms with Gasteiger partial charge in [-0.05, 0) is 27.7 Å². The van der Waals surface area contributed by atoms with Gasteiger partial charge in [-0.15, -0.1) is 6.42 Å². The summed E-state index contributed by atoms with van der Waals surface area (Å²) < 4.78 is 10.9. The van der Waals surface area contributed by atoms with Crippen LogP contribution >= 0.6 is 0 Å². The molecule has 1 saturated heterocycles. The quantitative estimate of drug-likeness (QED) is 0.782. The summed E-state index contributed by atoms with van der Waals surface area (Å²) in [6, 6.07) is -0.115. The van der Waals surface area contributed by atoms with E-state index in [1.54, 1.807) is 0 Å². The van der Waals surface area contributed by atoms with E-state index < -0.39 is 11.7 Å². The Morgan fingerprint density at radius 1 is 1.63 bits per heavy atom. The zero-order valence-electron chi connectivity index (χ0n) is 12.2. The minimum Gasteiger partial charge on any atom is -0.444 e. The number of hydrogen-bond donors (Lipinski definition) is 1. The fourth-order valence-electron chi connectivity index (χ4n) is 1.89. The molecule has 19 heavy (non-hydrogen) atoms. The van der Waals surface area contributed by atoms with Crippen LogP contribution in [-0.2, 0) is 9.47 Å². The van der Waals surface area contributed by atoms with Crippen LogP contribution in [0.25, 0.3) is 0 Å². The van der Waals surface area contributed by atoms with E-state index in [-0.39, 0.29) is 12.1 Å². The van der Waals surface area contributed by atoms with Crippen LogP contribution in [0.3, 0.4) is 0 Å². The Bertz CT molecular complexity index is 344. The predicted molar refractivity (Wildman–Crippen MR) is 73.8 cm³/mol. The minimum absolute atomic E-state index is 0.0605. The van der Waals surface area contributed by atoms with E-state index in [0.29, 0.717) is 13.2 Å². The summed E-state index contributed by atoms with van der Waals surface area (Å²) in [7, 11) is 0. The highest BCUT2D eigenvalue weighted by atomic mass is 16.6. The molecule has 5 nitrogen and oxygen atoms in total. The molecule has 0 aromatic heterocycles. The van der Waals surface area contributed by atoms with Gasteiger partial charge in [0, 0.05) is 13.1 Å². The zero-order chi connectivity index (χ0) is 14.5. The maximum absolute atomic E-state index is 11.7. The van der Waals surface area contributed by atoms with Gasteiger partial charge in [0.1, 0.15) is 5.60 Å². The largest absolute Gasteiger partial charge is 0.444 e. The third kappa shape index (κ3) is 5.95. The van der Waals surface area contributed by atoms with Crippen LogP contribution in [0, 0.1) is 12.3 Å². The van der Waals surface area contributed by atoms with Crippen LogP contribution in [0.5, 0.6) is 0 Å². The summed E-state index contributed by atoms with van der Waals surface area (Å²) in [6.07, 6.45) is 4.83. The highest BCUT2D eigenvalue weighted by Crippen LogP contribution is 2.11. The smallest absolute Gasteiger partial charge is 0.407 e. The van der Waals surface area contributed by atoms with Crippen molar-refractivity contribution < 1.29 is 14.3 Å². The Kier molecular flexibility index (Phi) is 5.64. The molecule has 1 aliphatic heterocycles. The highest BCUT2D eigenvalue weighted by Gasteiger charge is 2.27. The molecule has 0 spiro atoms. The Labute approximate surface area is 115 Å². The average Bonchev–Trinajstić information content (AvgIpc) is 2.27. The number of carbonyl (C=O) groups excluding carboxylic acids is 1. The van der Waals surface area contributed by atoms with Gasteiger partial charge in [0.05, 0.1) is 25.3 Å². The first-order valence-electron chi connectivity index (χ1n) is 6.59. The van der Waals surface area contributed by atoms with Crippen molar-refractivity contribution in [3.05, 3.63) is 0 Å². The second kappa shape index (κ2) is 6.78. The predicted octanol–water partition coefficient (Wildman–Crippen LogP) is 1.23. The molecule has 5 heteroatoms. The number of alkyl carbamates (subject to hydrolysis) is 1. The fraction of sp³-hybridized carbons (Fsp3) is 0.786. The zero-order valence-corrected chi connectivity index (χ0v) is 12.2. The number of nitrogens with one attached hydrogen (secondary N) is 1. The van der Waals surface area contributed by atoms with Crippen molar-refractivity contribution in [3.63, 3.8) is 0 Å². The number of rotatable bonds is 3. The molecule has 1 aliphatic rings. The monoisotopic (exact) mass is 268 g/mol. The molecule has 1 amide bonds. The molecule has 0 bridgehead atoms. The van der Waals surface area contributed by atoms with Gasteiger partial charge in [-0.1, -0.05) is 5.92 Å². The van der Waals surface area contributed by atoms with Crippen molar-refractivity contribution in [2.24, 2.45) is 0 Å². The summed E-state index contributed by atoms with van der Waals surface area (Å²) in [5.74, 6) is 2.63. The van der Waals surface area contributed by atoms with Crippen LogP contribution in [-0.4, -0.2) is 55.0 Å². The third-order valence-electron chi connectivity index (χ3n) is 2.79. The van der Waals surface area contributed by atoms with E-state index in [9.17, 15) is 4.79 Å². The molecule has 0 aromatic carbocycles. The van der Waals surface area contributed by atoms with Gasteiger partial charge in [-0.3, -0.25) is 4.90 Å². The van der Waals surface area contributed by atoms with E-state index in [0.717, 1.165) is 13.1 Å². The molecule has 1 fully saturated rings. The number of morpholine rings is 1. The van der Waals surface area contributed by atoms with Crippen LogP contribution in [0.2, 0.25) is 0 Å². The third-order valence-corrected chi connectivity index (χ3v) is 2.79. The van der Waals surface area contributed by atoms with Gasteiger partial charge in [0.25, 0.3) is 0 Å². The second-order valence-corrected chi connectivity index (χ2v) is 5.78. The second-order valence-electron chi connectivity index (χ2n) is 5.78. The Balaban J connectivity index is 2.42. The maximum Gasteiger partial charge on any atom is 0.407 e. The lowest BCUT2D eigenvalue weighted by Crippen LogP contribution is -2.52. The normalized spacial score (nSPS) is 22.4. The summed E-state index contributed by atoms with van der Waals surface area (Å²) >= 11 is 0. The van der Waals surface area contributed by atoms with Crippen molar-refractivity contribution in [3.8, 4) is 12.3 Å². The molecule has 108 valence electrons. The topological polar surface area (TPSA) is 50.8 Å². The van der Waals surface area contributed by atoms with Crippen molar-refractivity contribution in [2.75, 3.05) is 26.2 Å². The van der Waals surface area contributed by atoms with Gasteiger partial charge in [-0.2, -0.15) is 0 Å². The average molecular weight is 268 g/mol. The lowest BCUT2D eigenvalue weighted by Gasteiger charge is -2.35. The Morgan fingerprint density at radius 3 is 2.89 bits per heavy atom. The molecule has 0 aliphatic carbocycles. The van der Waals surface area contributed by atoms with Crippen LogP contribution in [0.15, 0.2) is 0 Å². The summed E-state index contributed by atoms with van der Waals surface area (Å²) in [5, 5.41) is 2.80. The molecule has 0 aromatic rings. The Hall–Kier alpha value is -1.25. The van der Waals surface area contributed by atoms with E-state index in [2.05, 4.69) is 16.1 Å². The lowest BCUT2D eigenvalue weighted by molar-refractivity contribution is -0.0409. The van der Waals surface area contributed by atoms with E-state index in [4.69, 9.17) is 15.9 Å². The van der Waals surface area contributed by atoms with Crippen molar-refractivity contribution in [2.45, 2.75) is 45.4 Å². The summed E-state index contributed by atoms with van der Waals surface area (Å²) in [6.45, 7) is 10.2. The van der Waals surface area contributed by atoms with Crippen LogP contribution in [0.4, 0.5) is 4.79 Å². The lowest BCUT2D eigenvalue weighted by atomic mass is 10.1. The van der Waals surface area contributed by atoms with E-state index >= 15 is 0 Å². The first-order chi connectivity index (χ1) is 8.81. The van der Waals surface area contributed by atoms with Gasteiger partial charge in [-0.25, -0.2) is 4.79 Å². The molecule has 1 heterocycles. The minimum atomic E-state index is -0.493. The molecule has 0 saturated carbocycles. The molecule has 1 rings (SSSR count). The van der Waals surface area contributed by atoms with Gasteiger partial charge in [0.2, 0.25) is 0 Å². The number of terminal acetylenes is 1. The molecular weight excluding hydrogens is 244 g/mol. The maximum atomic E-state index is 11.7. The number of ether oxygens (including phenoxy) is 2. The van der Waals surface area contributed by atoms with Crippen LogP contribution in [0.1, 0.15) is 27.7 Å². The van der Waals surface area contributed by atoms with Crippen molar-refractivity contribution in [1.82, 2.24) is 10.2 Å². The Morgan fingerprint density at radius 2 is 2.32 bits per heavy atom. The number of hydrogen-bond acceptors (Lipinski definition) is 4. The van der Waals surface area contributed by atoms with Gasteiger partial charge < -0.3 is 14.8 Å². The number of amides is 1. The van der Waals surface area contributed by atoms with E-state index in [1.165, 1.54) is 0 Å². The van der Waals surface area contributed by atoms with Gasteiger partial charge in [0.15, 0.2) is 0 Å². The molecule has 1 unspecified atom stereocenters. The van der Waals surface area contributed by atoms with Crippen molar-refractivity contribution >= 4 is 6.09 Å².